The number of rotatable bonds is 5. The molecule has 1 aliphatic rings. The van der Waals surface area contributed by atoms with Gasteiger partial charge in [0.05, 0.1) is 10.7 Å². The highest BCUT2D eigenvalue weighted by Crippen LogP contribution is 2.25. The van der Waals surface area contributed by atoms with Gasteiger partial charge in [0.2, 0.25) is 0 Å². The van der Waals surface area contributed by atoms with E-state index in [1.807, 2.05) is 17.4 Å². The Morgan fingerprint density at radius 2 is 2.16 bits per heavy atom. The fourth-order valence-corrected chi connectivity index (χ4v) is 3.53. The fraction of sp³-hybridized carbons (Fsp3) is 0.400. The Morgan fingerprint density at radius 3 is 2.89 bits per heavy atom. The average molecular weight is 337 g/mol. The van der Waals surface area contributed by atoms with Crippen molar-refractivity contribution in [3.8, 4) is 0 Å². The molecule has 0 unspecified atom stereocenters. The summed E-state index contributed by atoms with van der Waals surface area (Å²) >= 11 is 5.44. The minimum absolute atomic E-state index is 0.758. The second-order valence-corrected chi connectivity index (χ2v) is 7.06. The summed E-state index contributed by atoms with van der Waals surface area (Å²) < 4.78 is 1.17. The van der Waals surface area contributed by atoms with Crippen molar-refractivity contribution in [3.05, 3.63) is 49.9 Å². The molecular weight excluding hydrogens is 320 g/mol. The van der Waals surface area contributed by atoms with Crippen molar-refractivity contribution < 1.29 is 0 Å². The monoisotopic (exact) mass is 336 g/mol. The topological polar surface area (TPSA) is 24.9 Å². The lowest BCUT2D eigenvalue weighted by Crippen LogP contribution is -2.14. The van der Waals surface area contributed by atoms with E-state index in [-0.39, 0.29) is 0 Å². The van der Waals surface area contributed by atoms with E-state index in [4.69, 9.17) is 4.98 Å². The van der Waals surface area contributed by atoms with Crippen molar-refractivity contribution in [1.82, 2.24) is 10.3 Å². The van der Waals surface area contributed by atoms with E-state index in [1.165, 1.54) is 38.5 Å². The molecule has 1 aliphatic carbocycles. The zero-order chi connectivity index (χ0) is 13.2. The number of nitrogens with one attached hydrogen (secondary N) is 1. The molecule has 3 rings (SSSR count). The highest BCUT2D eigenvalue weighted by molar-refractivity contribution is 9.10. The minimum Gasteiger partial charge on any atom is -0.309 e. The first kappa shape index (κ1) is 13.3. The molecule has 2 aromatic rings. The molecular formula is C15H17BrN2S. The molecule has 0 saturated heterocycles. The van der Waals surface area contributed by atoms with Gasteiger partial charge in [0, 0.05) is 28.4 Å². The maximum Gasteiger partial charge on any atom is 0.0975 e. The molecule has 1 heterocycles. The molecule has 1 saturated carbocycles. The summed E-state index contributed by atoms with van der Waals surface area (Å²) in [6.07, 6.45) is 3.58. The van der Waals surface area contributed by atoms with Crippen molar-refractivity contribution in [2.24, 2.45) is 0 Å². The van der Waals surface area contributed by atoms with Crippen LogP contribution in [0.4, 0.5) is 0 Å². The molecule has 0 aliphatic heterocycles. The van der Waals surface area contributed by atoms with Crippen LogP contribution < -0.4 is 5.32 Å². The van der Waals surface area contributed by atoms with Gasteiger partial charge in [0.1, 0.15) is 0 Å². The number of thiazole rings is 1. The molecule has 1 N–H and O–H groups in total. The summed E-state index contributed by atoms with van der Waals surface area (Å²) in [5.74, 6) is 0. The van der Waals surface area contributed by atoms with Crippen LogP contribution in [-0.4, -0.2) is 11.0 Å². The molecule has 0 atom stereocenters. The summed E-state index contributed by atoms with van der Waals surface area (Å²) in [5.41, 5.74) is 2.48. The zero-order valence-electron chi connectivity index (χ0n) is 10.9. The van der Waals surface area contributed by atoms with Gasteiger partial charge < -0.3 is 5.32 Å². The zero-order valence-corrected chi connectivity index (χ0v) is 13.4. The van der Waals surface area contributed by atoms with Crippen molar-refractivity contribution in [3.63, 3.8) is 0 Å². The van der Waals surface area contributed by atoms with Crippen LogP contribution in [0.15, 0.2) is 28.7 Å². The van der Waals surface area contributed by atoms with E-state index >= 15 is 0 Å². The number of aryl methyl sites for hydroxylation is 1. The van der Waals surface area contributed by atoms with Crippen molar-refractivity contribution in [2.75, 3.05) is 0 Å². The highest BCUT2D eigenvalue weighted by Gasteiger charge is 2.21. The number of benzene rings is 1. The van der Waals surface area contributed by atoms with E-state index in [0.717, 1.165) is 19.0 Å². The quantitative estimate of drug-likeness (QED) is 0.890. The molecule has 1 aromatic heterocycles. The van der Waals surface area contributed by atoms with Gasteiger partial charge in [-0.2, -0.15) is 0 Å². The van der Waals surface area contributed by atoms with Gasteiger partial charge in [-0.15, -0.1) is 11.3 Å². The Kier molecular flexibility index (Phi) is 4.01. The van der Waals surface area contributed by atoms with Gasteiger partial charge in [-0.1, -0.05) is 34.1 Å². The summed E-state index contributed by atoms with van der Waals surface area (Å²) in [4.78, 5) is 6.09. The molecule has 100 valence electrons. The Labute approximate surface area is 126 Å². The summed E-state index contributed by atoms with van der Waals surface area (Å²) in [6.45, 7) is 3.09. The van der Waals surface area contributed by atoms with E-state index in [0.29, 0.717) is 0 Å². The lowest BCUT2D eigenvalue weighted by Gasteiger charge is -2.01. The number of hydrogen-bond donors (Lipinski definition) is 1. The molecule has 1 aromatic carbocycles. The van der Waals surface area contributed by atoms with Gasteiger partial charge in [0.25, 0.3) is 0 Å². The SMILES string of the molecule is Cc1nc(Cc2ccccc2Br)sc1CNC1CC1. The van der Waals surface area contributed by atoms with Crippen molar-refractivity contribution in [1.29, 1.82) is 0 Å². The largest absolute Gasteiger partial charge is 0.309 e. The Bertz CT molecular complexity index is 575. The average Bonchev–Trinajstić information content (AvgIpc) is 3.15. The third-order valence-electron chi connectivity index (χ3n) is 3.37. The second kappa shape index (κ2) is 5.73. The first-order chi connectivity index (χ1) is 9.22. The molecule has 19 heavy (non-hydrogen) atoms. The number of halogens is 1. The smallest absolute Gasteiger partial charge is 0.0975 e. The molecule has 0 spiro atoms. The normalized spacial score (nSPS) is 14.8. The van der Waals surface area contributed by atoms with Crippen LogP contribution in [0.2, 0.25) is 0 Å². The molecule has 0 amide bonds. The van der Waals surface area contributed by atoms with E-state index in [2.05, 4.69) is 46.4 Å². The summed E-state index contributed by atoms with van der Waals surface area (Å²) in [7, 11) is 0. The lowest BCUT2D eigenvalue weighted by molar-refractivity contribution is 0.691. The highest BCUT2D eigenvalue weighted by atomic mass is 79.9. The third-order valence-corrected chi connectivity index (χ3v) is 5.30. The molecule has 4 heteroatoms. The van der Waals surface area contributed by atoms with Gasteiger partial charge in [-0.3, -0.25) is 0 Å². The van der Waals surface area contributed by atoms with Crippen LogP contribution in [0.5, 0.6) is 0 Å². The van der Waals surface area contributed by atoms with Crippen LogP contribution in [0.3, 0.4) is 0 Å². The molecule has 0 radical (unpaired) electrons. The second-order valence-electron chi connectivity index (χ2n) is 5.04. The molecule has 2 nitrogen and oxygen atoms in total. The predicted octanol–water partition coefficient (Wildman–Crippen LogP) is 4.06. The van der Waals surface area contributed by atoms with Crippen LogP contribution in [0, 0.1) is 6.92 Å². The predicted molar refractivity (Wildman–Crippen MR) is 83.7 cm³/mol. The van der Waals surface area contributed by atoms with Gasteiger partial charge >= 0.3 is 0 Å². The summed E-state index contributed by atoms with van der Waals surface area (Å²) in [6, 6.07) is 9.13. The van der Waals surface area contributed by atoms with Gasteiger partial charge in [0.15, 0.2) is 0 Å². The Balaban J connectivity index is 1.70. The lowest BCUT2D eigenvalue weighted by atomic mass is 10.2. The maximum absolute atomic E-state index is 4.70. The van der Waals surface area contributed by atoms with E-state index in [9.17, 15) is 0 Å². The number of hydrogen-bond acceptors (Lipinski definition) is 3. The van der Waals surface area contributed by atoms with Crippen molar-refractivity contribution in [2.45, 2.75) is 38.8 Å². The molecule has 0 bridgehead atoms. The first-order valence-electron chi connectivity index (χ1n) is 6.64. The standard InChI is InChI=1S/C15H17BrN2S/c1-10-14(9-17-12-6-7-12)19-15(18-10)8-11-4-2-3-5-13(11)16/h2-5,12,17H,6-9H2,1H3. The van der Waals surface area contributed by atoms with Crippen LogP contribution in [0.1, 0.15) is 34.0 Å². The summed E-state index contributed by atoms with van der Waals surface area (Å²) in [5, 5.41) is 4.77. The van der Waals surface area contributed by atoms with E-state index < -0.39 is 0 Å². The number of nitrogens with zero attached hydrogens (tertiary/aromatic N) is 1. The van der Waals surface area contributed by atoms with Gasteiger partial charge in [-0.05, 0) is 31.4 Å². The van der Waals surface area contributed by atoms with Gasteiger partial charge in [-0.25, -0.2) is 4.98 Å². The molecule has 1 fully saturated rings. The Hall–Kier alpha value is -0.710. The van der Waals surface area contributed by atoms with Crippen LogP contribution in [0.25, 0.3) is 0 Å². The van der Waals surface area contributed by atoms with Crippen LogP contribution in [-0.2, 0) is 13.0 Å². The number of aromatic nitrogens is 1. The third kappa shape index (κ3) is 3.44. The van der Waals surface area contributed by atoms with Crippen LogP contribution >= 0.6 is 27.3 Å². The van der Waals surface area contributed by atoms with Crippen molar-refractivity contribution >= 4 is 27.3 Å². The Morgan fingerprint density at radius 1 is 1.37 bits per heavy atom. The maximum atomic E-state index is 4.70. The fourth-order valence-electron chi connectivity index (χ4n) is 2.06. The minimum atomic E-state index is 0.758. The van der Waals surface area contributed by atoms with E-state index in [1.54, 1.807) is 0 Å². The first-order valence-corrected chi connectivity index (χ1v) is 8.25.